The molecule has 8 nitrogen and oxygen atoms in total. The number of para-hydroxylation sites is 1. The summed E-state index contributed by atoms with van der Waals surface area (Å²) in [6, 6.07) is 16.1. The van der Waals surface area contributed by atoms with Gasteiger partial charge in [0.2, 0.25) is 5.91 Å². The second kappa shape index (κ2) is 7.85. The first-order valence-corrected chi connectivity index (χ1v) is 11.4. The highest BCUT2D eigenvalue weighted by Crippen LogP contribution is 2.31. The zero-order valence-electron chi connectivity index (χ0n) is 17.2. The van der Waals surface area contributed by atoms with Crippen molar-refractivity contribution < 1.29 is 9.69 Å². The second-order valence-corrected chi connectivity index (χ2v) is 9.20. The third-order valence-corrected chi connectivity index (χ3v) is 6.73. The molecule has 1 fully saturated rings. The minimum atomic E-state index is 0.125. The Hall–Kier alpha value is -3.56. The molecule has 3 heterocycles. The molecule has 4 N–H and O–H groups in total. The Morgan fingerprint density at radius 2 is 2.00 bits per heavy atom. The lowest BCUT2D eigenvalue weighted by atomic mass is 10.2. The number of carbonyl (C=O) groups is 1. The number of carbonyl (C=O) groups excluding carboxylic acids is 1. The molecule has 32 heavy (non-hydrogen) atoms. The van der Waals surface area contributed by atoms with Crippen LogP contribution in [-0.2, 0) is 4.79 Å². The molecule has 160 valence electrons. The van der Waals surface area contributed by atoms with Gasteiger partial charge in [-0.1, -0.05) is 12.1 Å². The molecular weight excluding hydrogens is 422 g/mol. The van der Waals surface area contributed by atoms with Crippen LogP contribution in [0.15, 0.2) is 81.5 Å². The maximum atomic E-state index is 12.0. The van der Waals surface area contributed by atoms with E-state index in [2.05, 4.69) is 32.1 Å². The lowest BCUT2D eigenvalue weighted by molar-refractivity contribution is -0.700. The first-order valence-electron chi connectivity index (χ1n) is 10.6. The number of nitrogens with one attached hydrogen (secondary N) is 4. The average Bonchev–Trinajstić information content (AvgIpc) is 3.43. The smallest absolute Gasteiger partial charge is 0.227 e. The van der Waals surface area contributed by atoms with E-state index < -0.39 is 0 Å². The zero-order valence-corrected chi connectivity index (χ0v) is 18.0. The Morgan fingerprint density at radius 3 is 2.84 bits per heavy atom. The van der Waals surface area contributed by atoms with Crippen molar-refractivity contribution in [1.29, 1.82) is 0 Å². The third-order valence-electron chi connectivity index (χ3n) is 5.68. The Bertz CT molecular complexity index is 1270. The molecule has 1 aliphatic carbocycles. The second-order valence-electron chi connectivity index (χ2n) is 8.09. The van der Waals surface area contributed by atoms with E-state index in [1.165, 1.54) is 0 Å². The number of fused-ring (bicyclic) bond motifs is 2. The predicted octanol–water partition coefficient (Wildman–Crippen LogP) is 2.91. The van der Waals surface area contributed by atoms with Crippen LogP contribution in [0, 0.1) is 5.92 Å². The first-order chi connectivity index (χ1) is 15.7. The van der Waals surface area contributed by atoms with Gasteiger partial charge in [0.1, 0.15) is 6.54 Å². The minimum absolute atomic E-state index is 0.125. The summed E-state index contributed by atoms with van der Waals surface area (Å²) in [7, 11) is 0. The lowest BCUT2D eigenvalue weighted by Crippen LogP contribution is -3.07. The molecule has 0 bridgehead atoms. The molecule has 2 aromatic carbocycles. The SMILES string of the molecule is O=C(Nc1ccc(SC2=CN(Nc3n[nH]c4ccccc34)CC3=CN=C[NH+]32)cc1)C1CC1. The number of hydrogen-bond acceptors (Lipinski definition) is 6. The molecule has 1 amide bonds. The van der Waals surface area contributed by atoms with Crippen molar-refractivity contribution in [3.05, 3.63) is 71.7 Å². The van der Waals surface area contributed by atoms with Crippen LogP contribution in [0.3, 0.4) is 0 Å². The molecule has 9 heteroatoms. The summed E-state index contributed by atoms with van der Waals surface area (Å²) in [4.78, 5) is 18.6. The van der Waals surface area contributed by atoms with Gasteiger partial charge in [-0.2, -0.15) is 5.10 Å². The Kier molecular flexibility index (Phi) is 4.70. The average molecular weight is 445 g/mol. The zero-order chi connectivity index (χ0) is 21.5. The number of amides is 1. The van der Waals surface area contributed by atoms with Gasteiger partial charge in [0.25, 0.3) is 0 Å². The van der Waals surface area contributed by atoms with Crippen molar-refractivity contribution in [1.82, 2.24) is 15.2 Å². The number of hydrogen-bond donors (Lipinski definition) is 4. The first kappa shape index (κ1) is 19.1. The van der Waals surface area contributed by atoms with Crippen LogP contribution < -0.4 is 15.6 Å². The summed E-state index contributed by atoms with van der Waals surface area (Å²) >= 11 is 1.68. The number of quaternary nitrogens is 1. The van der Waals surface area contributed by atoms with E-state index >= 15 is 0 Å². The van der Waals surface area contributed by atoms with Crippen LogP contribution in [0.2, 0.25) is 0 Å². The van der Waals surface area contributed by atoms with Gasteiger partial charge in [-0.25, -0.2) is 9.89 Å². The maximum absolute atomic E-state index is 12.0. The molecule has 1 unspecified atom stereocenters. The number of aliphatic imine (C=N–C) groups is 1. The summed E-state index contributed by atoms with van der Waals surface area (Å²) in [5.74, 6) is 1.12. The highest BCUT2D eigenvalue weighted by molar-refractivity contribution is 8.02. The molecule has 1 atom stereocenters. The van der Waals surface area contributed by atoms with Gasteiger partial charge < -0.3 is 5.32 Å². The summed E-state index contributed by atoms with van der Waals surface area (Å²) in [6.07, 6.45) is 7.93. The van der Waals surface area contributed by atoms with E-state index in [1.54, 1.807) is 11.8 Å². The molecular formula is C23H22N7OS+. The highest BCUT2D eigenvalue weighted by Gasteiger charge is 2.32. The van der Waals surface area contributed by atoms with Gasteiger partial charge in [-0.3, -0.25) is 20.3 Å². The number of aromatic amines is 1. The standard InChI is InChI=1S/C23H21N7OS/c31-23(15-5-6-15)25-16-7-9-18(10-8-16)32-21-13-29(12-17-11-24-14-30(17)21)28-22-19-3-1-2-4-20(19)26-27-22/h1-4,7-11,13-15H,5-6,12H2,(H,25,31)(H2,26,27,28)/p+1. The topological polar surface area (TPSA) is 89.9 Å². The van der Waals surface area contributed by atoms with Crippen molar-refractivity contribution in [3.8, 4) is 0 Å². The molecule has 0 radical (unpaired) electrons. The molecule has 1 saturated carbocycles. The van der Waals surface area contributed by atoms with Crippen LogP contribution in [0.1, 0.15) is 12.8 Å². The number of thioether (sulfide) groups is 1. The number of benzene rings is 2. The Labute approximate surface area is 189 Å². The Morgan fingerprint density at radius 1 is 1.16 bits per heavy atom. The van der Waals surface area contributed by atoms with Crippen molar-refractivity contribution in [2.75, 3.05) is 17.3 Å². The molecule has 3 aliphatic rings. The van der Waals surface area contributed by atoms with Gasteiger partial charge in [0, 0.05) is 21.9 Å². The molecule has 6 rings (SSSR count). The number of nitrogens with zero attached hydrogens (tertiary/aromatic N) is 3. The third kappa shape index (κ3) is 3.76. The summed E-state index contributed by atoms with van der Waals surface area (Å²) < 4.78 is 0. The van der Waals surface area contributed by atoms with Gasteiger partial charge in [-0.05, 0) is 61.0 Å². The molecule has 0 saturated heterocycles. The van der Waals surface area contributed by atoms with Gasteiger partial charge in [0.15, 0.2) is 22.9 Å². The van der Waals surface area contributed by atoms with E-state index in [0.29, 0.717) is 6.54 Å². The lowest BCUT2D eigenvalue weighted by Gasteiger charge is -2.29. The number of aromatic nitrogens is 2. The maximum Gasteiger partial charge on any atom is 0.227 e. The molecule has 2 aliphatic heterocycles. The van der Waals surface area contributed by atoms with Crippen LogP contribution in [0.5, 0.6) is 0 Å². The van der Waals surface area contributed by atoms with Crippen molar-refractivity contribution in [2.45, 2.75) is 17.7 Å². The summed E-state index contributed by atoms with van der Waals surface area (Å²) in [6.45, 7) is 0.701. The fourth-order valence-corrected chi connectivity index (χ4v) is 4.80. The van der Waals surface area contributed by atoms with Crippen LogP contribution in [0.4, 0.5) is 11.5 Å². The number of H-pyrrole nitrogens is 1. The van der Waals surface area contributed by atoms with Gasteiger partial charge in [0.05, 0.1) is 17.9 Å². The number of anilines is 2. The number of rotatable bonds is 6. The quantitative estimate of drug-likeness (QED) is 0.470. The van der Waals surface area contributed by atoms with Crippen LogP contribution in [0.25, 0.3) is 10.9 Å². The minimum Gasteiger partial charge on any atom is -0.326 e. The van der Waals surface area contributed by atoms with E-state index in [1.807, 2.05) is 66.1 Å². The van der Waals surface area contributed by atoms with E-state index in [0.717, 1.165) is 55.8 Å². The van der Waals surface area contributed by atoms with Crippen molar-refractivity contribution in [2.24, 2.45) is 10.9 Å². The van der Waals surface area contributed by atoms with E-state index in [4.69, 9.17) is 0 Å². The van der Waals surface area contributed by atoms with E-state index in [-0.39, 0.29) is 11.8 Å². The summed E-state index contributed by atoms with van der Waals surface area (Å²) in [5, 5.41) is 14.7. The van der Waals surface area contributed by atoms with E-state index in [9.17, 15) is 4.79 Å². The van der Waals surface area contributed by atoms with Crippen molar-refractivity contribution >= 4 is 46.4 Å². The van der Waals surface area contributed by atoms with Crippen LogP contribution in [-0.4, -0.2) is 34.0 Å². The van der Waals surface area contributed by atoms with Gasteiger partial charge in [-0.15, -0.1) is 0 Å². The summed E-state index contributed by atoms with van der Waals surface area (Å²) in [5.41, 5.74) is 6.42. The normalized spacial score (nSPS) is 19.5. The number of hydrazine groups is 1. The van der Waals surface area contributed by atoms with Crippen molar-refractivity contribution in [3.63, 3.8) is 0 Å². The molecule has 3 aromatic rings. The van der Waals surface area contributed by atoms with Gasteiger partial charge >= 0.3 is 0 Å². The van der Waals surface area contributed by atoms with Crippen LogP contribution >= 0.6 is 11.8 Å². The monoisotopic (exact) mass is 444 g/mol. The fourth-order valence-electron chi connectivity index (χ4n) is 3.80. The predicted molar refractivity (Wildman–Crippen MR) is 126 cm³/mol. The molecule has 0 spiro atoms. The molecule has 1 aromatic heterocycles. The highest BCUT2D eigenvalue weighted by atomic mass is 32.2. The largest absolute Gasteiger partial charge is 0.326 e. The fraction of sp³-hybridized carbons (Fsp3) is 0.174. The Balaban J connectivity index is 1.21.